The predicted octanol–water partition coefficient (Wildman–Crippen LogP) is -1.97. The van der Waals surface area contributed by atoms with Crippen LogP contribution in [0.4, 0.5) is 0 Å². The number of rotatable bonds is 2. The third-order valence-electron chi connectivity index (χ3n) is 0.813. The first kappa shape index (κ1) is 29.7. The average Bonchev–Trinajstić information content (AvgIpc) is 1.79. The van der Waals surface area contributed by atoms with Crippen molar-refractivity contribution >= 4 is 11.6 Å². The second-order valence-electron chi connectivity index (χ2n) is 2.73. The Balaban J connectivity index is -0.0000000480. The van der Waals surface area contributed by atoms with Crippen LogP contribution in [0.1, 0.15) is 27.7 Å². The van der Waals surface area contributed by atoms with Gasteiger partial charge < -0.3 is 21.2 Å². The summed E-state index contributed by atoms with van der Waals surface area (Å²) in [5.41, 5.74) is 0. The zero-order valence-electron chi connectivity index (χ0n) is 10.2. The van der Waals surface area contributed by atoms with Crippen LogP contribution in [0.5, 0.6) is 0 Å². The summed E-state index contributed by atoms with van der Waals surface area (Å²) in [6.45, 7) is 5.39. The molecule has 0 aromatic heterocycles. The van der Waals surface area contributed by atoms with Crippen molar-refractivity contribution in [2.45, 2.75) is 27.7 Å². The molecule has 0 atom stereocenters. The number of allylic oxidation sites excluding steroid dienone is 4. The van der Waals surface area contributed by atoms with Gasteiger partial charge in [0.25, 0.3) is 0 Å². The molecule has 17 heavy (non-hydrogen) atoms. The van der Waals surface area contributed by atoms with Crippen LogP contribution in [0.3, 0.4) is 0 Å². The minimum absolute atomic E-state index is 0. The molecule has 0 aliphatic rings. The van der Waals surface area contributed by atoms with Gasteiger partial charge >= 0.3 is 17.1 Å². The van der Waals surface area contributed by atoms with Gasteiger partial charge in [-0.25, -0.2) is 0 Å². The Labute approximate surface area is 111 Å². The molecule has 0 heterocycles. The molecule has 1 radical (unpaired) electrons. The van der Waals surface area contributed by atoms with Crippen LogP contribution < -0.4 is 10.2 Å². The van der Waals surface area contributed by atoms with Crippen LogP contribution >= 0.6 is 0 Å². The summed E-state index contributed by atoms with van der Waals surface area (Å²) < 4.78 is 0. The monoisotopic (exact) mass is 289 g/mol. The third kappa shape index (κ3) is 52.2. The molecule has 7 heteroatoms. The van der Waals surface area contributed by atoms with E-state index < -0.39 is 0 Å². The van der Waals surface area contributed by atoms with E-state index in [0.717, 1.165) is 12.2 Å². The summed E-state index contributed by atoms with van der Waals surface area (Å²) in [5.74, 6) is -0.750. The fraction of sp³-hybridized carbons (Fsp3) is 0.400. The molecule has 0 amide bonds. The second kappa shape index (κ2) is 17.3. The summed E-state index contributed by atoms with van der Waals surface area (Å²) in [7, 11) is 0. The largest absolute Gasteiger partial charge is 2.00 e. The zero-order chi connectivity index (χ0) is 11.7. The molecule has 0 saturated heterocycles. The van der Waals surface area contributed by atoms with Gasteiger partial charge in [0, 0.05) is 0 Å². The molecule has 4 N–H and O–H groups in total. The Morgan fingerprint density at radius 1 is 0.765 bits per heavy atom. The fourth-order valence-corrected chi connectivity index (χ4v) is 0.572. The van der Waals surface area contributed by atoms with E-state index in [2.05, 4.69) is 0 Å². The Morgan fingerprint density at radius 2 is 0.941 bits per heavy atom. The summed E-state index contributed by atoms with van der Waals surface area (Å²) in [4.78, 5) is 20.0. The van der Waals surface area contributed by atoms with Crippen LogP contribution in [0, 0.1) is 0 Å². The molecule has 0 rings (SSSR count). The first-order chi connectivity index (χ1) is 6.25. The van der Waals surface area contributed by atoms with Crippen molar-refractivity contribution in [3.8, 4) is 0 Å². The average molecular weight is 289 g/mol. The fourth-order valence-electron chi connectivity index (χ4n) is 0.572. The molecule has 0 bridgehead atoms. The minimum atomic E-state index is -0.187. The molecule has 0 aromatic carbocycles. The van der Waals surface area contributed by atoms with Crippen molar-refractivity contribution in [3.05, 3.63) is 23.7 Å². The summed E-state index contributed by atoms with van der Waals surface area (Å²) in [6, 6.07) is 0. The molecular formula is C10H18MnO6. The smallest absolute Gasteiger partial charge is 0.876 e. The molecule has 0 fully saturated rings. The molecule has 0 spiro atoms. The van der Waals surface area contributed by atoms with E-state index in [0.29, 0.717) is 0 Å². The Kier molecular flexibility index (Phi) is 30.1. The van der Waals surface area contributed by atoms with Gasteiger partial charge in [0.05, 0.1) is 0 Å². The maximum absolute atomic E-state index is 9.98. The number of hydrogen-bond acceptors (Lipinski definition) is 4. The first-order valence-electron chi connectivity index (χ1n) is 3.97. The standard InChI is InChI=1S/2C5H8O2.Mn.2H2O/c2*1-4(6)3-5(2)7;;;/h2*3,6H,1-2H3;;2*1H2/q;;+2;;/p-2/b2*4-3-;;;. The molecular weight excluding hydrogens is 271 g/mol. The topological polar surface area (TPSA) is 143 Å². The van der Waals surface area contributed by atoms with Gasteiger partial charge in [0.15, 0.2) is 11.6 Å². The number of hydrogen-bond donors (Lipinski definition) is 0. The van der Waals surface area contributed by atoms with Gasteiger partial charge in [-0.05, 0) is 26.0 Å². The van der Waals surface area contributed by atoms with E-state index in [9.17, 15) is 19.8 Å². The van der Waals surface area contributed by atoms with Crippen molar-refractivity contribution in [3.63, 3.8) is 0 Å². The Morgan fingerprint density at radius 3 is 0.941 bits per heavy atom. The first-order valence-corrected chi connectivity index (χ1v) is 3.97. The normalized spacial score (nSPS) is 9.41. The molecule has 101 valence electrons. The minimum Gasteiger partial charge on any atom is -0.876 e. The van der Waals surface area contributed by atoms with Gasteiger partial charge in [-0.1, -0.05) is 13.8 Å². The zero-order valence-corrected chi connectivity index (χ0v) is 11.3. The van der Waals surface area contributed by atoms with E-state index in [-0.39, 0.29) is 51.1 Å². The van der Waals surface area contributed by atoms with Crippen LogP contribution in [0.25, 0.3) is 0 Å². The molecule has 0 saturated carbocycles. The van der Waals surface area contributed by atoms with E-state index in [1.807, 2.05) is 0 Å². The Bertz CT molecular complexity index is 234. The van der Waals surface area contributed by atoms with E-state index >= 15 is 0 Å². The number of carbonyl (C=O) groups excluding carboxylic acids is 2. The van der Waals surface area contributed by atoms with Gasteiger partial charge in [0.1, 0.15) is 0 Å². The van der Waals surface area contributed by atoms with Crippen molar-refractivity contribution in [1.29, 1.82) is 0 Å². The van der Waals surface area contributed by atoms with Crippen molar-refractivity contribution in [2.24, 2.45) is 0 Å². The van der Waals surface area contributed by atoms with Gasteiger partial charge in [-0.2, -0.15) is 0 Å². The van der Waals surface area contributed by atoms with Gasteiger partial charge in [-0.15, -0.1) is 11.5 Å². The van der Waals surface area contributed by atoms with E-state index in [4.69, 9.17) is 0 Å². The van der Waals surface area contributed by atoms with Crippen molar-refractivity contribution < 1.29 is 47.8 Å². The van der Waals surface area contributed by atoms with Crippen molar-refractivity contribution in [1.82, 2.24) is 0 Å². The summed E-state index contributed by atoms with van der Waals surface area (Å²) in [6.07, 6.45) is 2.11. The molecule has 0 aromatic rings. The van der Waals surface area contributed by atoms with E-state index in [1.165, 1.54) is 27.7 Å². The van der Waals surface area contributed by atoms with Crippen LogP contribution in [0.2, 0.25) is 0 Å². The van der Waals surface area contributed by atoms with Crippen LogP contribution in [-0.4, -0.2) is 22.5 Å². The van der Waals surface area contributed by atoms with Gasteiger partial charge in [0.2, 0.25) is 0 Å². The maximum atomic E-state index is 9.98. The molecule has 6 nitrogen and oxygen atoms in total. The number of carbonyl (C=O) groups is 2. The van der Waals surface area contributed by atoms with Crippen LogP contribution in [0.15, 0.2) is 23.7 Å². The van der Waals surface area contributed by atoms with Gasteiger partial charge in [-0.3, -0.25) is 9.59 Å². The van der Waals surface area contributed by atoms with Crippen LogP contribution in [-0.2, 0) is 26.7 Å². The summed E-state index contributed by atoms with van der Waals surface area (Å²) >= 11 is 0. The Hall–Kier alpha value is -1.14. The summed E-state index contributed by atoms with van der Waals surface area (Å²) in [5, 5.41) is 20.0. The maximum Gasteiger partial charge on any atom is 2.00 e. The SMILES string of the molecule is CC(=O)/C=C(/C)[O-].CC(=O)/C=C(/C)[O-].O.O.[Mn+2]. The molecule has 0 unspecified atom stereocenters. The van der Waals surface area contributed by atoms with Crippen molar-refractivity contribution in [2.75, 3.05) is 0 Å². The van der Waals surface area contributed by atoms with E-state index in [1.54, 1.807) is 0 Å². The molecule has 0 aliphatic carbocycles. The number of ketones is 2. The second-order valence-corrected chi connectivity index (χ2v) is 2.73. The predicted molar refractivity (Wildman–Crippen MR) is 56.1 cm³/mol. The quantitative estimate of drug-likeness (QED) is 0.330. The molecule has 0 aliphatic heterocycles. The third-order valence-corrected chi connectivity index (χ3v) is 0.813.